The van der Waals surface area contributed by atoms with Crippen molar-refractivity contribution in [1.29, 1.82) is 0 Å². The van der Waals surface area contributed by atoms with Gasteiger partial charge >= 0.3 is 69.8 Å². The van der Waals surface area contributed by atoms with E-state index in [1.807, 2.05) is 0 Å². The summed E-state index contributed by atoms with van der Waals surface area (Å²) in [5.74, 6) is 0. The molecule has 0 bridgehead atoms. The van der Waals surface area contributed by atoms with Crippen LogP contribution in [0.1, 0.15) is 0 Å². The zero-order chi connectivity index (χ0) is 7.71. The first kappa shape index (κ1) is 10.9. The summed E-state index contributed by atoms with van der Waals surface area (Å²) in [6.45, 7) is 0. The molecule has 0 aliphatic rings. The predicted octanol–water partition coefficient (Wildman–Crippen LogP) is 3.39. The first-order valence-electron chi connectivity index (χ1n) is 3.41. The molecule has 0 aromatic rings. The first-order chi connectivity index (χ1) is 3.71. The van der Waals surface area contributed by atoms with E-state index in [9.17, 15) is 0 Å². The minimum absolute atomic E-state index is 1.44. The number of rotatable bonds is 2. The van der Waals surface area contributed by atoms with Crippen LogP contribution in [0.15, 0.2) is 0 Å². The van der Waals surface area contributed by atoms with Gasteiger partial charge in [0.2, 0.25) is 0 Å². The second-order valence-electron chi connectivity index (χ2n) is 4.33. The van der Waals surface area contributed by atoms with Crippen molar-refractivity contribution in [1.82, 2.24) is 0 Å². The van der Waals surface area contributed by atoms with E-state index >= 15 is 0 Å². The molecule has 0 amide bonds. The molecule has 0 aliphatic carbocycles. The summed E-state index contributed by atoms with van der Waals surface area (Å²) in [6, 6.07) is 0. The molecule has 0 saturated heterocycles. The van der Waals surface area contributed by atoms with Crippen molar-refractivity contribution in [2.24, 2.45) is 0 Å². The van der Waals surface area contributed by atoms with Crippen LogP contribution in [0.2, 0.25) is 29.6 Å². The van der Waals surface area contributed by atoms with Crippen molar-refractivity contribution < 1.29 is 0 Å². The topological polar surface area (TPSA) is 0 Å². The summed E-state index contributed by atoms with van der Waals surface area (Å²) in [5, 5.41) is 0. The van der Waals surface area contributed by atoms with Crippen LogP contribution in [0, 0.1) is 0 Å². The van der Waals surface area contributed by atoms with Crippen molar-refractivity contribution in [3.05, 3.63) is 0 Å². The Bertz CT molecular complexity index is 76.2. The quantitative estimate of drug-likeness (QED) is 0.681. The van der Waals surface area contributed by atoms with Gasteiger partial charge in [-0.05, 0) is 0 Å². The van der Waals surface area contributed by atoms with E-state index in [0.29, 0.717) is 0 Å². The Kier molecular flexibility index (Phi) is 4.34. The van der Waals surface area contributed by atoms with E-state index < -0.39 is 34.0 Å². The summed E-state index contributed by atoms with van der Waals surface area (Å²) < 4.78 is 0. The number of hydrogen-bond acceptors (Lipinski definition) is 1. The van der Waals surface area contributed by atoms with Gasteiger partial charge in [-0.1, -0.05) is 0 Å². The van der Waals surface area contributed by atoms with E-state index in [1.54, 1.807) is 0 Å². The van der Waals surface area contributed by atoms with E-state index in [-0.39, 0.29) is 0 Å². The Balaban J connectivity index is 3.75. The predicted molar refractivity (Wildman–Crippen MR) is 54.3 cm³/mol. The molecular formula is C6H18SSn2. The first-order valence-corrected chi connectivity index (χ1v) is 28.3. The third-order valence-corrected chi connectivity index (χ3v) is 82.7. The molecule has 0 aromatic heterocycles. The van der Waals surface area contributed by atoms with Gasteiger partial charge in [-0.2, -0.15) is 0 Å². The normalized spacial score (nSPS) is 14.0. The van der Waals surface area contributed by atoms with Gasteiger partial charge in [0.15, 0.2) is 0 Å². The van der Waals surface area contributed by atoms with E-state index in [0.717, 1.165) is 0 Å². The molecule has 0 rings (SSSR count). The van der Waals surface area contributed by atoms with Crippen LogP contribution >= 0.6 is 6.13 Å². The maximum atomic E-state index is 2.52. The monoisotopic (exact) mass is 362 g/mol. The summed E-state index contributed by atoms with van der Waals surface area (Å²) in [4.78, 5) is 15.1. The van der Waals surface area contributed by atoms with Gasteiger partial charge in [-0.3, -0.25) is 0 Å². The van der Waals surface area contributed by atoms with Crippen LogP contribution in [-0.4, -0.2) is 34.0 Å². The molecule has 0 aromatic carbocycles. The van der Waals surface area contributed by atoms with Gasteiger partial charge in [0.05, 0.1) is 0 Å². The Morgan fingerprint density at radius 3 is 0.889 bits per heavy atom. The molecule has 0 spiro atoms. The van der Waals surface area contributed by atoms with Crippen LogP contribution in [0.25, 0.3) is 0 Å². The fourth-order valence-corrected chi connectivity index (χ4v) is 124. The average molecular weight is 360 g/mol. The Morgan fingerprint density at radius 2 is 0.889 bits per heavy atom. The summed E-state index contributed by atoms with van der Waals surface area (Å²) in [7, 11) is 0. The van der Waals surface area contributed by atoms with Gasteiger partial charge in [0.25, 0.3) is 0 Å². The van der Waals surface area contributed by atoms with Crippen molar-refractivity contribution in [3.8, 4) is 0 Å². The average Bonchev–Trinajstić information content (AvgIpc) is 1.14. The van der Waals surface area contributed by atoms with Crippen molar-refractivity contribution in [2.75, 3.05) is 0 Å². The summed E-state index contributed by atoms with van der Waals surface area (Å²) in [6.07, 6.45) is 2.43. The molecule has 0 heterocycles. The fraction of sp³-hybridized carbons (Fsp3) is 1.00. The fourth-order valence-electron chi connectivity index (χ4n) is 0.919. The van der Waals surface area contributed by atoms with Crippen LogP contribution < -0.4 is 0 Å². The van der Waals surface area contributed by atoms with Crippen molar-refractivity contribution in [3.63, 3.8) is 0 Å². The van der Waals surface area contributed by atoms with E-state index in [1.165, 1.54) is 0 Å². The Hall–Kier alpha value is 1.95. The standard InChI is InChI=1S/6CH3.S.2Sn/h6*1H3;;;. The number of hydrogen-bond donors (Lipinski definition) is 0. The SMILES string of the molecule is [CH3][Sn]([CH3])([CH3])[S][Sn]([CH3])([CH3])[CH3]. The second-order valence-corrected chi connectivity index (χ2v) is 58.6. The zero-order valence-electron chi connectivity index (χ0n) is 7.41. The molecule has 0 atom stereocenters. The van der Waals surface area contributed by atoms with E-state index in [2.05, 4.69) is 35.8 Å². The second kappa shape index (κ2) is 3.56. The third-order valence-electron chi connectivity index (χ3n) is 0.612. The molecule has 0 fully saturated rings. The van der Waals surface area contributed by atoms with Crippen molar-refractivity contribution in [2.45, 2.75) is 29.6 Å². The van der Waals surface area contributed by atoms with Crippen molar-refractivity contribution >= 4 is 40.1 Å². The Morgan fingerprint density at radius 1 is 0.667 bits per heavy atom. The molecule has 0 aliphatic heterocycles. The van der Waals surface area contributed by atoms with Gasteiger partial charge in [-0.25, -0.2) is 0 Å². The Labute approximate surface area is 68.8 Å². The van der Waals surface area contributed by atoms with Crippen LogP contribution in [0.5, 0.6) is 0 Å². The molecule has 0 saturated carbocycles. The molecule has 0 nitrogen and oxygen atoms in total. The summed E-state index contributed by atoms with van der Waals surface area (Å²) >= 11 is -2.87. The molecule has 56 valence electrons. The van der Waals surface area contributed by atoms with Gasteiger partial charge < -0.3 is 0 Å². The molecule has 0 radical (unpaired) electrons. The maximum absolute atomic E-state index is 2.52. The molecule has 0 N–H and O–H groups in total. The van der Waals surface area contributed by atoms with E-state index in [4.69, 9.17) is 0 Å². The van der Waals surface area contributed by atoms with Crippen LogP contribution in [0.3, 0.4) is 0 Å². The van der Waals surface area contributed by atoms with Gasteiger partial charge in [0.1, 0.15) is 0 Å². The molecule has 0 unspecified atom stereocenters. The van der Waals surface area contributed by atoms with Gasteiger partial charge in [-0.15, -0.1) is 0 Å². The molecule has 9 heavy (non-hydrogen) atoms. The zero-order valence-corrected chi connectivity index (χ0v) is 13.9. The molecular weight excluding hydrogens is 342 g/mol. The third kappa shape index (κ3) is 9.95. The minimum atomic E-state index is -1.44. The summed E-state index contributed by atoms with van der Waals surface area (Å²) in [5.41, 5.74) is 0. The molecule has 3 heteroatoms. The van der Waals surface area contributed by atoms with Gasteiger partial charge in [0, 0.05) is 0 Å². The van der Waals surface area contributed by atoms with Crippen LogP contribution in [0.4, 0.5) is 0 Å². The van der Waals surface area contributed by atoms with Crippen LogP contribution in [-0.2, 0) is 0 Å².